The molecule has 0 N–H and O–H groups in total. The van der Waals surface area contributed by atoms with Gasteiger partial charge in [0.25, 0.3) is 0 Å². The maximum Gasteiger partial charge on any atom is 0.126 e. The van der Waals surface area contributed by atoms with E-state index in [-0.39, 0.29) is 10.6 Å². The molecule has 0 saturated heterocycles. The van der Waals surface area contributed by atoms with Crippen LogP contribution in [0.1, 0.15) is 25.0 Å². The van der Waals surface area contributed by atoms with Crippen LogP contribution in [0, 0.1) is 5.41 Å². The largest absolute Gasteiger partial charge is 0.496 e. The monoisotopic (exact) mass is 500 g/mol. The Bertz CT molecular complexity index is 1150. The molecule has 2 nitrogen and oxygen atoms in total. The van der Waals surface area contributed by atoms with E-state index in [1.807, 2.05) is 12.1 Å². The zero-order valence-corrected chi connectivity index (χ0v) is 23.0. The van der Waals surface area contributed by atoms with Gasteiger partial charge in [-0.3, -0.25) is 0 Å². The van der Waals surface area contributed by atoms with Crippen LogP contribution in [-0.2, 0) is 5.16 Å². The van der Waals surface area contributed by atoms with Crippen LogP contribution in [0.3, 0.4) is 0 Å². The number of benzene rings is 4. The van der Waals surface area contributed by atoms with E-state index < -0.39 is 7.92 Å². The Morgan fingerprint density at radius 1 is 0.600 bits per heavy atom. The van der Waals surface area contributed by atoms with E-state index in [2.05, 4.69) is 120 Å². The summed E-state index contributed by atoms with van der Waals surface area (Å²) in [6, 6.07) is 38.5. The van der Waals surface area contributed by atoms with Crippen molar-refractivity contribution in [3.8, 4) is 11.5 Å². The molecule has 0 aliphatic carbocycles. The number of hydrogen-bond donors (Lipinski definition) is 0. The molecule has 4 heteroatoms. The molecule has 0 amide bonds. The summed E-state index contributed by atoms with van der Waals surface area (Å²) in [5.74, 6) is 1.85. The molecule has 35 heavy (non-hydrogen) atoms. The summed E-state index contributed by atoms with van der Waals surface area (Å²) in [5, 5.41) is 2.17. The topological polar surface area (TPSA) is 18.5 Å². The summed E-state index contributed by atoms with van der Waals surface area (Å²) in [6.45, 7) is 4.78. The Labute approximate surface area is 213 Å². The average Bonchev–Trinajstić information content (AvgIpc) is 2.92. The van der Waals surface area contributed by atoms with Gasteiger partial charge < -0.3 is 9.47 Å². The predicted molar refractivity (Wildman–Crippen MR) is 154 cm³/mol. The van der Waals surface area contributed by atoms with Gasteiger partial charge >= 0.3 is 0 Å². The number of ether oxygens (including phenoxy) is 2. The summed E-state index contributed by atoms with van der Waals surface area (Å²) < 4.78 is 11.7. The summed E-state index contributed by atoms with van der Waals surface area (Å²) >= 11 is 0. The van der Waals surface area contributed by atoms with Crippen molar-refractivity contribution in [3.63, 3.8) is 0 Å². The highest BCUT2D eigenvalue weighted by molar-refractivity contribution is 7.73. The summed E-state index contributed by atoms with van der Waals surface area (Å²) in [4.78, 5) is 0. The molecular weight excluding hydrogens is 466 g/mol. The third-order valence-electron chi connectivity index (χ3n) is 6.83. The molecule has 0 fully saturated rings. The molecule has 0 aliphatic heterocycles. The Hall–Kier alpha value is -2.66. The Morgan fingerprint density at radius 2 is 0.971 bits per heavy atom. The van der Waals surface area contributed by atoms with Gasteiger partial charge in [-0.25, -0.2) is 0 Å². The Morgan fingerprint density at radius 3 is 1.37 bits per heavy atom. The first kappa shape index (κ1) is 25.4. The number of para-hydroxylation sites is 2. The molecule has 180 valence electrons. The van der Waals surface area contributed by atoms with Gasteiger partial charge in [0, 0.05) is 15.8 Å². The Kier molecular flexibility index (Phi) is 7.95. The fourth-order valence-electron chi connectivity index (χ4n) is 4.88. The van der Waals surface area contributed by atoms with Crippen molar-refractivity contribution in [2.24, 2.45) is 5.41 Å². The minimum absolute atomic E-state index is 0.145. The fourth-order valence-corrected chi connectivity index (χ4v) is 8.57. The molecule has 0 aliphatic rings. The standard InChI is InChI=1S/C31H34O2P2/c1-30(2,31(34,24-15-7-5-8-16-24)25-17-9-6-10-18-25)23-35(28-21-13-11-19-26(28)32-3)29-22-14-12-20-27(29)33-4/h5-22H,23,34H2,1-4H3. The average molecular weight is 501 g/mol. The van der Waals surface area contributed by atoms with Crippen molar-refractivity contribution in [3.05, 3.63) is 120 Å². The van der Waals surface area contributed by atoms with Crippen molar-refractivity contribution in [1.29, 1.82) is 0 Å². The van der Waals surface area contributed by atoms with Crippen LogP contribution >= 0.6 is 17.2 Å². The normalized spacial score (nSPS) is 11.9. The molecule has 4 aromatic rings. The van der Waals surface area contributed by atoms with Crippen LogP contribution in [0.25, 0.3) is 0 Å². The van der Waals surface area contributed by atoms with Gasteiger partial charge in [0.05, 0.1) is 14.2 Å². The molecule has 1 unspecified atom stereocenters. The van der Waals surface area contributed by atoms with Gasteiger partial charge in [0.15, 0.2) is 0 Å². The molecule has 4 rings (SSSR count). The van der Waals surface area contributed by atoms with Crippen LogP contribution in [0.15, 0.2) is 109 Å². The fraction of sp³-hybridized carbons (Fsp3) is 0.226. The highest BCUT2D eigenvalue weighted by atomic mass is 31.1. The van der Waals surface area contributed by atoms with Gasteiger partial charge in [0.2, 0.25) is 0 Å². The van der Waals surface area contributed by atoms with Crippen LogP contribution in [-0.4, -0.2) is 20.4 Å². The molecule has 4 aromatic carbocycles. The smallest absolute Gasteiger partial charge is 0.126 e. The zero-order valence-electron chi connectivity index (χ0n) is 20.9. The van der Waals surface area contributed by atoms with Gasteiger partial charge in [-0.05, 0) is 42.8 Å². The van der Waals surface area contributed by atoms with Crippen LogP contribution < -0.4 is 20.1 Å². The van der Waals surface area contributed by atoms with Crippen molar-refractivity contribution in [2.75, 3.05) is 20.4 Å². The van der Waals surface area contributed by atoms with Crippen molar-refractivity contribution in [1.82, 2.24) is 0 Å². The van der Waals surface area contributed by atoms with Crippen LogP contribution in [0.4, 0.5) is 0 Å². The summed E-state index contributed by atoms with van der Waals surface area (Å²) in [7, 11) is 5.97. The van der Waals surface area contributed by atoms with E-state index in [1.54, 1.807) is 14.2 Å². The van der Waals surface area contributed by atoms with E-state index >= 15 is 0 Å². The number of rotatable bonds is 9. The highest BCUT2D eigenvalue weighted by Crippen LogP contribution is 2.57. The van der Waals surface area contributed by atoms with Gasteiger partial charge in [-0.2, -0.15) is 0 Å². The maximum absolute atomic E-state index is 5.86. The second-order valence-corrected chi connectivity index (χ2v) is 12.4. The molecule has 1 atom stereocenters. The lowest BCUT2D eigenvalue weighted by molar-refractivity contribution is 0.331. The van der Waals surface area contributed by atoms with E-state index in [1.165, 1.54) is 21.7 Å². The quantitative estimate of drug-likeness (QED) is 0.231. The van der Waals surface area contributed by atoms with Gasteiger partial charge in [-0.1, -0.05) is 111 Å². The maximum atomic E-state index is 5.86. The zero-order chi connectivity index (χ0) is 24.9. The second-order valence-electron chi connectivity index (χ2n) is 9.35. The first-order chi connectivity index (χ1) is 16.9. The van der Waals surface area contributed by atoms with Crippen molar-refractivity contribution < 1.29 is 9.47 Å². The Balaban J connectivity index is 1.90. The predicted octanol–water partition coefficient (Wildman–Crippen LogP) is 6.98. The van der Waals surface area contributed by atoms with Crippen LogP contribution in [0.2, 0.25) is 0 Å². The van der Waals surface area contributed by atoms with Gasteiger partial charge in [-0.15, -0.1) is 9.24 Å². The number of methoxy groups -OCH3 is 2. The molecule has 0 spiro atoms. The third-order valence-corrected chi connectivity index (χ3v) is 11.3. The molecule has 0 bridgehead atoms. The number of hydrogen-bond acceptors (Lipinski definition) is 2. The van der Waals surface area contributed by atoms with Gasteiger partial charge in [0.1, 0.15) is 11.5 Å². The lowest BCUT2D eigenvalue weighted by Gasteiger charge is -2.47. The van der Waals surface area contributed by atoms with E-state index in [0.717, 1.165) is 17.7 Å². The van der Waals surface area contributed by atoms with Crippen LogP contribution in [0.5, 0.6) is 11.5 Å². The molecule has 0 aromatic heterocycles. The lowest BCUT2D eigenvalue weighted by Crippen LogP contribution is -2.41. The summed E-state index contributed by atoms with van der Waals surface area (Å²) in [5.41, 5.74) is 2.43. The van der Waals surface area contributed by atoms with Crippen molar-refractivity contribution in [2.45, 2.75) is 19.0 Å². The summed E-state index contributed by atoms with van der Waals surface area (Å²) in [6.07, 6.45) is 0.941. The molecule has 0 radical (unpaired) electrons. The molecule has 0 heterocycles. The lowest BCUT2D eigenvalue weighted by atomic mass is 9.71. The first-order valence-corrected chi connectivity index (χ1v) is 14.0. The van der Waals surface area contributed by atoms with E-state index in [9.17, 15) is 0 Å². The SMILES string of the molecule is COc1ccccc1P(CC(C)(C)C(P)(c1ccccc1)c1ccccc1)c1ccccc1OC. The highest BCUT2D eigenvalue weighted by Gasteiger charge is 2.46. The first-order valence-electron chi connectivity index (χ1n) is 11.9. The molecule has 0 saturated carbocycles. The van der Waals surface area contributed by atoms with E-state index in [0.29, 0.717) is 0 Å². The minimum atomic E-state index is -0.800. The third kappa shape index (κ3) is 5.02. The second kappa shape index (κ2) is 10.9. The minimum Gasteiger partial charge on any atom is -0.496 e. The molecular formula is C31H34O2P2. The van der Waals surface area contributed by atoms with E-state index in [4.69, 9.17) is 9.47 Å². The van der Waals surface area contributed by atoms with Crippen molar-refractivity contribution >= 4 is 27.8 Å².